The lowest BCUT2D eigenvalue weighted by Crippen LogP contribution is -2.47. The minimum Gasteiger partial charge on any atom is -0.368 e. The third-order valence-corrected chi connectivity index (χ3v) is 6.39. The first-order chi connectivity index (χ1) is 12.0. The molecule has 1 saturated heterocycles. The van der Waals surface area contributed by atoms with Crippen LogP contribution in [0.5, 0.6) is 0 Å². The van der Waals surface area contributed by atoms with Crippen LogP contribution in [0.25, 0.3) is 10.1 Å². The fraction of sp³-hybridized carbons (Fsp3) is 0.556. The SMILES string of the molecule is NCC1C[C@@H]1CN1CCN(c2csc3cc(C(F)(F)F)ccc23)CC1. The van der Waals surface area contributed by atoms with Crippen LogP contribution in [-0.4, -0.2) is 44.2 Å². The highest BCUT2D eigenvalue weighted by atomic mass is 32.1. The molecule has 2 fully saturated rings. The first kappa shape index (κ1) is 17.1. The van der Waals surface area contributed by atoms with Gasteiger partial charge in [0.15, 0.2) is 0 Å². The minimum atomic E-state index is -4.28. The van der Waals surface area contributed by atoms with Gasteiger partial charge in [-0.05, 0) is 36.9 Å². The van der Waals surface area contributed by atoms with E-state index in [1.165, 1.54) is 29.9 Å². The van der Waals surface area contributed by atoms with Crippen LogP contribution in [0.1, 0.15) is 12.0 Å². The van der Waals surface area contributed by atoms with Crippen LogP contribution in [0, 0.1) is 11.8 Å². The van der Waals surface area contributed by atoms with Gasteiger partial charge in [-0.15, -0.1) is 11.3 Å². The second-order valence-electron chi connectivity index (χ2n) is 7.11. The molecule has 1 unspecified atom stereocenters. The maximum atomic E-state index is 12.9. The summed E-state index contributed by atoms with van der Waals surface area (Å²) < 4.78 is 39.3. The Morgan fingerprint density at radius 3 is 2.52 bits per heavy atom. The van der Waals surface area contributed by atoms with E-state index >= 15 is 0 Å². The number of rotatable bonds is 4. The van der Waals surface area contributed by atoms with Gasteiger partial charge in [-0.3, -0.25) is 4.90 Å². The van der Waals surface area contributed by atoms with Gasteiger partial charge in [0.2, 0.25) is 0 Å². The lowest BCUT2D eigenvalue weighted by atomic mass is 10.1. The minimum absolute atomic E-state index is 0.572. The molecule has 2 N–H and O–H groups in total. The van der Waals surface area contributed by atoms with Crippen molar-refractivity contribution in [1.82, 2.24) is 4.90 Å². The number of hydrogen-bond acceptors (Lipinski definition) is 4. The Morgan fingerprint density at radius 2 is 1.88 bits per heavy atom. The van der Waals surface area contributed by atoms with Crippen molar-refractivity contribution in [3.8, 4) is 0 Å². The zero-order chi connectivity index (χ0) is 17.6. The van der Waals surface area contributed by atoms with Gasteiger partial charge in [-0.25, -0.2) is 0 Å². The van der Waals surface area contributed by atoms with Crippen molar-refractivity contribution < 1.29 is 13.2 Å². The summed E-state index contributed by atoms with van der Waals surface area (Å²) in [5.41, 5.74) is 6.21. The number of fused-ring (bicyclic) bond motifs is 1. The molecule has 1 aliphatic carbocycles. The molecular weight excluding hydrogens is 347 g/mol. The van der Waals surface area contributed by atoms with Crippen LogP contribution in [0.4, 0.5) is 18.9 Å². The Hall–Kier alpha value is -1.31. The molecular formula is C18H22F3N3S. The molecule has 1 aliphatic heterocycles. The van der Waals surface area contributed by atoms with E-state index < -0.39 is 11.7 Å². The summed E-state index contributed by atoms with van der Waals surface area (Å²) in [6.07, 6.45) is -3.03. The number of anilines is 1. The van der Waals surface area contributed by atoms with E-state index in [0.29, 0.717) is 10.6 Å². The van der Waals surface area contributed by atoms with E-state index in [4.69, 9.17) is 5.73 Å². The lowest BCUT2D eigenvalue weighted by Gasteiger charge is -2.36. The van der Waals surface area contributed by atoms with Gasteiger partial charge in [0, 0.05) is 48.2 Å². The van der Waals surface area contributed by atoms with Gasteiger partial charge in [-0.2, -0.15) is 13.2 Å². The number of thiophene rings is 1. The van der Waals surface area contributed by atoms with Crippen LogP contribution < -0.4 is 10.6 Å². The van der Waals surface area contributed by atoms with Crippen molar-refractivity contribution in [2.24, 2.45) is 17.6 Å². The van der Waals surface area contributed by atoms with Gasteiger partial charge < -0.3 is 10.6 Å². The third-order valence-electron chi connectivity index (χ3n) is 5.46. The zero-order valence-corrected chi connectivity index (χ0v) is 14.7. The van der Waals surface area contributed by atoms with E-state index in [2.05, 4.69) is 9.80 Å². The summed E-state index contributed by atoms with van der Waals surface area (Å²) >= 11 is 1.39. The maximum Gasteiger partial charge on any atom is 0.416 e. The molecule has 2 heterocycles. The monoisotopic (exact) mass is 369 g/mol. The maximum absolute atomic E-state index is 12.9. The number of piperazine rings is 1. The lowest BCUT2D eigenvalue weighted by molar-refractivity contribution is -0.137. The average molecular weight is 369 g/mol. The van der Waals surface area contributed by atoms with E-state index in [1.54, 1.807) is 6.07 Å². The number of alkyl halides is 3. The standard InChI is InChI=1S/C18H22F3N3S/c19-18(20,21)14-1-2-15-16(11-25-17(15)8-14)24-5-3-23(4-6-24)10-13-7-12(13)9-22/h1-2,8,11-13H,3-7,9-10,22H2/t12?,13-/m1/s1. The van der Waals surface area contributed by atoms with E-state index in [1.807, 2.05) is 5.38 Å². The number of benzene rings is 1. The van der Waals surface area contributed by atoms with Crippen molar-refractivity contribution in [3.63, 3.8) is 0 Å². The zero-order valence-electron chi connectivity index (χ0n) is 13.9. The smallest absolute Gasteiger partial charge is 0.368 e. The molecule has 2 aromatic rings. The third kappa shape index (κ3) is 3.50. The largest absolute Gasteiger partial charge is 0.416 e. The molecule has 1 saturated carbocycles. The first-order valence-electron chi connectivity index (χ1n) is 8.71. The molecule has 25 heavy (non-hydrogen) atoms. The molecule has 3 nitrogen and oxygen atoms in total. The van der Waals surface area contributed by atoms with Crippen LogP contribution in [0.3, 0.4) is 0 Å². The molecule has 0 bridgehead atoms. The number of nitrogens with zero attached hydrogens (tertiary/aromatic N) is 2. The van der Waals surface area contributed by atoms with Crippen molar-refractivity contribution in [2.75, 3.05) is 44.2 Å². The molecule has 136 valence electrons. The molecule has 0 radical (unpaired) electrons. The van der Waals surface area contributed by atoms with Gasteiger partial charge >= 0.3 is 6.18 Å². The Labute approximate surface area is 149 Å². The van der Waals surface area contributed by atoms with Gasteiger partial charge in [0.25, 0.3) is 0 Å². The fourth-order valence-corrected chi connectivity index (χ4v) is 4.77. The Morgan fingerprint density at radius 1 is 1.12 bits per heavy atom. The second-order valence-corrected chi connectivity index (χ2v) is 8.02. The molecule has 2 atom stereocenters. The van der Waals surface area contributed by atoms with Crippen molar-refractivity contribution in [1.29, 1.82) is 0 Å². The highest BCUT2D eigenvalue weighted by Crippen LogP contribution is 2.39. The Kier molecular flexibility index (Phi) is 4.42. The summed E-state index contributed by atoms with van der Waals surface area (Å²) in [5, 5.41) is 2.92. The number of hydrogen-bond donors (Lipinski definition) is 1. The number of nitrogens with two attached hydrogens (primary N) is 1. The molecule has 2 aliphatic rings. The summed E-state index contributed by atoms with van der Waals surface area (Å²) in [6.45, 7) is 5.79. The highest BCUT2D eigenvalue weighted by molar-refractivity contribution is 7.17. The quantitative estimate of drug-likeness (QED) is 0.893. The summed E-state index contributed by atoms with van der Waals surface area (Å²) in [7, 11) is 0. The normalized spacial score (nSPS) is 24.9. The van der Waals surface area contributed by atoms with Crippen molar-refractivity contribution >= 4 is 27.1 Å². The van der Waals surface area contributed by atoms with Crippen LogP contribution >= 0.6 is 11.3 Å². The topological polar surface area (TPSA) is 32.5 Å². The van der Waals surface area contributed by atoms with Crippen LogP contribution in [0.15, 0.2) is 23.6 Å². The Bertz CT molecular complexity index is 750. The predicted molar refractivity (Wildman–Crippen MR) is 96.1 cm³/mol. The molecule has 1 aromatic carbocycles. The summed E-state index contributed by atoms with van der Waals surface area (Å²) in [4.78, 5) is 4.79. The number of halogens is 3. The van der Waals surface area contributed by atoms with Crippen molar-refractivity contribution in [3.05, 3.63) is 29.1 Å². The molecule has 7 heteroatoms. The first-order valence-corrected chi connectivity index (χ1v) is 9.59. The fourth-order valence-electron chi connectivity index (χ4n) is 3.76. The van der Waals surface area contributed by atoms with E-state index in [9.17, 15) is 13.2 Å². The van der Waals surface area contributed by atoms with E-state index in [0.717, 1.165) is 56.3 Å². The molecule has 1 aromatic heterocycles. The molecule has 4 rings (SSSR count). The van der Waals surface area contributed by atoms with Gasteiger partial charge in [0.1, 0.15) is 0 Å². The van der Waals surface area contributed by atoms with Gasteiger partial charge in [0.05, 0.1) is 11.3 Å². The van der Waals surface area contributed by atoms with Gasteiger partial charge in [-0.1, -0.05) is 6.07 Å². The predicted octanol–water partition coefficient (Wildman–Crippen LogP) is 3.64. The highest BCUT2D eigenvalue weighted by Gasteiger charge is 2.37. The average Bonchev–Trinajstić information content (AvgIpc) is 3.20. The summed E-state index contributed by atoms with van der Waals surface area (Å²) in [6, 6.07) is 4.07. The van der Waals surface area contributed by atoms with Crippen LogP contribution in [0.2, 0.25) is 0 Å². The van der Waals surface area contributed by atoms with Crippen molar-refractivity contribution in [2.45, 2.75) is 12.6 Å². The molecule has 0 amide bonds. The van der Waals surface area contributed by atoms with Crippen LogP contribution in [-0.2, 0) is 6.18 Å². The molecule has 0 spiro atoms. The summed E-state index contributed by atoms with van der Waals surface area (Å²) in [5.74, 6) is 1.47. The Balaban J connectivity index is 1.43. The second kappa shape index (κ2) is 6.45. The van der Waals surface area contributed by atoms with E-state index in [-0.39, 0.29) is 0 Å².